The van der Waals surface area contributed by atoms with Gasteiger partial charge in [0.25, 0.3) is 0 Å². The molecule has 0 bridgehead atoms. The van der Waals surface area contributed by atoms with Crippen molar-refractivity contribution in [3.05, 3.63) is 24.0 Å². The number of ether oxygens (including phenoxy) is 1. The number of hydrogen-bond acceptors (Lipinski definition) is 2. The second kappa shape index (κ2) is 6.97. The zero-order valence-electron chi connectivity index (χ0n) is 11.9. The first kappa shape index (κ1) is 15.3. The molecule has 4 nitrogen and oxygen atoms in total. The van der Waals surface area contributed by atoms with Crippen molar-refractivity contribution >= 4 is 11.7 Å². The minimum Gasteiger partial charge on any atom is -0.491 e. The molecular weight excluding hydrogens is 247 g/mol. The topological polar surface area (TPSA) is 41.6 Å². The number of amides is 2. The van der Waals surface area contributed by atoms with Gasteiger partial charge in [-0.3, -0.25) is 0 Å². The van der Waals surface area contributed by atoms with Crippen LogP contribution in [0.2, 0.25) is 0 Å². The normalized spacial score (nSPS) is 10.4. The first-order chi connectivity index (χ1) is 8.97. The van der Waals surface area contributed by atoms with Gasteiger partial charge in [0, 0.05) is 19.2 Å². The van der Waals surface area contributed by atoms with Crippen LogP contribution in [-0.4, -0.2) is 30.1 Å². The number of urea groups is 1. The third kappa shape index (κ3) is 4.43. The summed E-state index contributed by atoms with van der Waals surface area (Å²) in [7, 11) is 0. The predicted octanol–water partition coefficient (Wildman–Crippen LogP) is 3.49. The van der Waals surface area contributed by atoms with Crippen molar-refractivity contribution < 1.29 is 13.9 Å². The third-order valence-corrected chi connectivity index (χ3v) is 2.60. The molecule has 0 fully saturated rings. The number of halogens is 1. The molecule has 1 aromatic rings. The number of benzene rings is 1. The van der Waals surface area contributed by atoms with Crippen molar-refractivity contribution in [1.82, 2.24) is 4.90 Å². The largest absolute Gasteiger partial charge is 0.491 e. The molecule has 5 heteroatoms. The van der Waals surface area contributed by atoms with E-state index in [2.05, 4.69) is 5.32 Å². The maximum absolute atomic E-state index is 13.8. The Morgan fingerprint density at radius 2 is 2.00 bits per heavy atom. The van der Waals surface area contributed by atoms with Crippen molar-refractivity contribution in [2.75, 3.05) is 18.4 Å². The van der Waals surface area contributed by atoms with Crippen LogP contribution in [0.3, 0.4) is 0 Å². The van der Waals surface area contributed by atoms with E-state index in [1.165, 1.54) is 12.1 Å². The van der Waals surface area contributed by atoms with Crippen LogP contribution in [0.5, 0.6) is 5.75 Å². The van der Waals surface area contributed by atoms with Gasteiger partial charge in [-0.15, -0.1) is 0 Å². The zero-order chi connectivity index (χ0) is 14.4. The Morgan fingerprint density at radius 3 is 2.47 bits per heavy atom. The molecule has 0 aromatic heterocycles. The fourth-order valence-electron chi connectivity index (χ4n) is 1.65. The second-order valence-corrected chi connectivity index (χ2v) is 4.41. The van der Waals surface area contributed by atoms with Gasteiger partial charge in [0.2, 0.25) is 0 Å². The quantitative estimate of drug-likeness (QED) is 0.888. The number of hydrogen-bond donors (Lipinski definition) is 1. The van der Waals surface area contributed by atoms with Crippen molar-refractivity contribution in [3.63, 3.8) is 0 Å². The van der Waals surface area contributed by atoms with Gasteiger partial charge in [0.05, 0.1) is 11.8 Å². The van der Waals surface area contributed by atoms with Gasteiger partial charge in [-0.1, -0.05) is 0 Å². The maximum atomic E-state index is 13.8. The van der Waals surface area contributed by atoms with Crippen LogP contribution in [-0.2, 0) is 0 Å². The van der Waals surface area contributed by atoms with Gasteiger partial charge in [-0.2, -0.15) is 0 Å². The van der Waals surface area contributed by atoms with E-state index in [9.17, 15) is 9.18 Å². The maximum Gasteiger partial charge on any atom is 0.321 e. The second-order valence-electron chi connectivity index (χ2n) is 4.41. The molecule has 19 heavy (non-hydrogen) atoms. The van der Waals surface area contributed by atoms with Crippen LogP contribution in [0.4, 0.5) is 14.9 Å². The van der Waals surface area contributed by atoms with Gasteiger partial charge >= 0.3 is 6.03 Å². The first-order valence-electron chi connectivity index (χ1n) is 6.50. The lowest BCUT2D eigenvalue weighted by molar-refractivity contribution is 0.217. The smallest absolute Gasteiger partial charge is 0.321 e. The van der Waals surface area contributed by atoms with E-state index >= 15 is 0 Å². The van der Waals surface area contributed by atoms with E-state index in [1.54, 1.807) is 11.0 Å². The van der Waals surface area contributed by atoms with Crippen LogP contribution in [0.15, 0.2) is 18.2 Å². The predicted molar refractivity (Wildman–Crippen MR) is 74.1 cm³/mol. The fraction of sp³-hybridized carbons (Fsp3) is 0.500. The Morgan fingerprint density at radius 1 is 1.37 bits per heavy atom. The molecule has 0 aliphatic carbocycles. The number of rotatable bonds is 5. The zero-order valence-corrected chi connectivity index (χ0v) is 11.9. The minimum absolute atomic E-state index is 0.0180. The highest BCUT2D eigenvalue weighted by Crippen LogP contribution is 2.21. The van der Waals surface area contributed by atoms with Gasteiger partial charge in [0.15, 0.2) is 0 Å². The Kier molecular flexibility index (Phi) is 5.60. The summed E-state index contributed by atoms with van der Waals surface area (Å²) in [5, 5.41) is 2.55. The fourth-order valence-corrected chi connectivity index (χ4v) is 1.65. The number of nitrogens with one attached hydrogen (secondary N) is 1. The lowest BCUT2D eigenvalue weighted by Gasteiger charge is -2.19. The number of carbonyl (C=O) groups is 1. The van der Waals surface area contributed by atoms with Crippen molar-refractivity contribution in [2.45, 2.75) is 33.8 Å². The van der Waals surface area contributed by atoms with E-state index < -0.39 is 5.82 Å². The van der Waals surface area contributed by atoms with Crippen molar-refractivity contribution in [2.24, 2.45) is 0 Å². The van der Waals surface area contributed by atoms with Crippen LogP contribution in [0, 0.1) is 5.82 Å². The molecular formula is C14H21FN2O2. The van der Waals surface area contributed by atoms with Crippen molar-refractivity contribution in [1.29, 1.82) is 0 Å². The van der Waals surface area contributed by atoms with E-state index in [1.807, 2.05) is 27.7 Å². The molecule has 0 aliphatic rings. The summed E-state index contributed by atoms with van der Waals surface area (Å²) < 4.78 is 19.2. The monoisotopic (exact) mass is 268 g/mol. The highest BCUT2D eigenvalue weighted by Gasteiger charge is 2.12. The molecule has 1 N–H and O–H groups in total. The summed E-state index contributed by atoms with van der Waals surface area (Å²) in [5.41, 5.74) is 0.160. The standard InChI is InChI=1S/C14H21FN2O2/c1-5-17(6-2)14(18)16-13-8-7-11(9-12(13)15)19-10(3)4/h7-10H,5-6H2,1-4H3,(H,16,18). The molecule has 0 saturated heterocycles. The molecule has 1 aromatic carbocycles. The summed E-state index contributed by atoms with van der Waals surface area (Å²) in [6.07, 6.45) is -0.0180. The van der Waals surface area contributed by atoms with Crippen LogP contribution in [0.1, 0.15) is 27.7 Å². The van der Waals surface area contributed by atoms with E-state index in [4.69, 9.17) is 4.74 Å². The van der Waals surface area contributed by atoms with Crippen LogP contribution >= 0.6 is 0 Å². The number of carbonyl (C=O) groups excluding carboxylic acids is 1. The minimum atomic E-state index is -0.501. The molecule has 1 rings (SSSR count). The van der Waals surface area contributed by atoms with E-state index in [-0.39, 0.29) is 17.8 Å². The average molecular weight is 268 g/mol. The van der Waals surface area contributed by atoms with Gasteiger partial charge in [-0.05, 0) is 39.8 Å². The Hall–Kier alpha value is -1.78. The van der Waals surface area contributed by atoms with Gasteiger partial charge in [0.1, 0.15) is 11.6 Å². The Labute approximate surface area is 113 Å². The first-order valence-corrected chi connectivity index (χ1v) is 6.50. The highest BCUT2D eigenvalue weighted by molar-refractivity contribution is 5.89. The summed E-state index contributed by atoms with van der Waals surface area (Å²) in [6, 6.07) is 4.12. The molecule has 106 valence electrons. The van der Waals surface area contributed by atoms with E-state index in [0.29, 0.717) is 18.8 Å². The molecule has 0 aliphatic heterocycles. The highest BCUT2D eigenvalue weighted by atomic mass is 19.1. The van der Waals surface area contributed by atoms with Gasteiger partial charge in [-0.25, -0.2) is 9.18 Å². The Balaban J connectivity index is 2.77. The molecule has 0 heterocycles. The lowest BCUT2D eigenvalue weighted by Crippen LogP contribution is -2.34. The molecule has 0 radical (unpaired) electrons. The number of nitrogens with zero attached hydrogens (tertiary/aromatic N) is 1. The Bertz CT molecular complexity index is 431. The molecule has 0 saturated carbocycles. The lowest BCUT2D eigenvalue weighted by atomic mass is 10.3. The van der Waals surface area contributed by atoms with E-state index in [0.717, 1.165) is 0 Å². The SMILES string of the molecule is CCN(CC)C(=O)Nc1ccc(OC(C)C)cc1F. The summed E-state index contributed by atoms with van der Waals surface area (Å²) in [5.74, 6) is -0.0491. The summed E-state index contributed by atoms with van der Waals surface area (Å²) in [4.78, 5) is 13.4. The summed E-state index contributed by atoms with van der Waals surface area (Å²) >= 11 is 0. The third-order valence-electron chi connectivity index (χ3n) is 2.60. The molecule has 2 amide bonds. The summed E-state index contributed by atoms with van der Waals surface area (Å²) in [6.45, 7) is 8.65. The van der Waals surface area contributed by atoms with Crippen LogP contribution < -0.4 is 10.1 Å². The average Bonchev–Trinajstić information content (AvgIpc) is 2.33. The van der Waals surface area contributed by atoms with Crippen molar-refractivity contribution in [3.8, 4) is 5.75 Å². The molecule has 0 atom stereocenters. The molecule has 0 spiro atoms. The molecule has 0 unspecified atom stereocenters. The van der Waals surface area contributed by atoms with Gasteiger partial charge < -0.3 is 15.0 Å². The van der Waals surface area contributed by atoms with Crippen LogP contribution in [0.25, 0.3) is 0 Å². The number of anilines is 1.